The van der Waals surface area contributed by atoms with Gasteiger partial charge in [0.25, 0.3) is 0 Å². The first-order valence-corrected chi connectivity index (χ1v) is 43.9. The molecule has 20 aromatic rings. The smallest absolute Gasteiger partial charge is 0.217 e. The minimum Gasteiger partial charge on any atom is -0.455 e. The number of pyridine rings is 4. The molecule has 8 heterocycles. The highest BCUT2D eigenvalue weighted by Crippen LogP contribution is 2.47. The van der Waals surface area contributed by atoms with Gasteiger partial charge < -0.3 is 17.7 Å². The van der Waals surface area contributed by atoms with Gasteiger partial charge in [-0.1, -0.05) is 141 Å². The fourth-order valence-corrected chi connectivity index (χ4v) is 19.9. The van der Waals surface area contributed by atoms with Crippen LogP contribution in [0.2, 0.25) is 0 Å². The molecule has 1 aliphatic carbocycles. The molecule has 0 aliphatic heterocycles. The van der Waals surface area contributed by atoms with Gasteiger partial charge in [-0.2, -0.15) is 18.3 Å². The summed E-state index contributed by atoms with van der Waals surface area (Å²) >= 11 is 0. The molecule has 0 spiro atoms. The molecule has 12 aromatic carbocycles. The number of para-hydroxylation sites is 2. The Morgan fingerprint density at radius 3 is 1.04 bits per heavy atom. The summed E-state index contributed by atoms with van der Waals surface area (Å²) in [5.41, 5.74) is 32.3. The lowest BCUT2D eigenvalue weighted by atomic mass is 9.86. The van der Waals surface area contributed by atoms with E-state index in [0.29, 0.717) is 34.2 Å². The summed E-state index contributed by atoms with van der Waals surface area (Å²) in [7, 11) is 8.48. The van der Waals surface area contributed by atoms with Crippen LogP contribution < -0.4 is 18.3 Å². The zero-order valence-corrected chi connectivity index (χ0v) is 75.0. The van der Waals surface area contributed by atoms with Crippen molar-refractivity contribution in [2.24, 2.45) is 44.9 Å². The van der Waals surface area contributed by atoms with Gasteiger partial charge in [-0.3, -0.25) is 0 Å². The van der Waals surface area contributed by atoms with E-state index in [1.54, 1.807) is 12.1 Å². The summed E-state index contributed by atoms with van der Waals surface area (Å²) in [5, 5.41) is 13.1. The minimum absolute atomic E-state index is 0.220. The molecule has 0 bridgehead atoms. The summed E-state index contributed by atoms with van der Waals surface area (Å²) in [5.74, 6) is 0.0327. The van der Waals surface area contributed by atoms with Crippen LogP contribution in [0.5, 0.6) is 0 Å². The van der Waals surface area contributed by atoms with E-state index >= 15 is 0 Å². The van der Waals surface area contributed by atoms with Gasteiger partial charge in [0.05, 0.1) is 22.3 Å². The quantitative estimate of drug-likeness (QED) is 0.107. The summed E-state index contributed by atoms with van der Waals surface area (Å²) < 4.78 is 89.5. The van der Waals surface area contributed by atoms with Crippen molar-refractivity contribution in [3.05, 3.63) is 309 Å². The maximum atomic E-state index is 13.9. The van der Waals surface area contributed by atoms with E-state index in [9.17, 15) is 17.6 Å². The zero-order chi connectivity index (χ0) is 87.7. The molecule has 0 unspecified atom stereocenters. The predicted molar refractivity (Wildman–Crippen MR) is 506 cm³/mol. The highest BCUT2D eigenvalue weighted by atomic mass is 19.1. The number of hydrogen-bond acceptors (Lipinski definition) is 4. The molecular weight excluding hydrogens is 1550 g/mol. The maximum absolute atomic E-state index is 13.9. The number of hydrogen-bond donors (Lipinski definition) is 0. The van der Waals surface area contributed by atoms with E-state index in [4.69, 9.17) is 17.7 Å². The van der Waals surface area contributed by atoms with E-state index in [2.05, 4.69) is 301 Å². The van der Waals surface area contributed by atoms with Gasteiger partial charge in [0.15, 0.2) is 0 Å². The zero-order valence-electron chi connectivity index (χ0n) is 75.0. The number of benzene rings is 12. The Balaban J connectivity index is 0.000000113. The van der Waals surface area contributed by atoms with Crippen molar-refractivity contribution in [3.63, 3.8) is 0 Å². The topological polar surface area (TPSA) is 68.1 Å². The Hall–Kier alpha value is -12.8. The second-order valence-corrected chi connectivity index (χ2v) is 37.9. The molecule has 1 aliphatic rings. The Morgan fingerprint density at radius 1 is 0.312 bits per heavy atom. The fourth-order valence-electron chi connectivity index (χ4n) is 19.9. The Bertz CT molecular complexity index is 7540. The van der Waals surface area contributed by atoms with Crippen LogP contribution in [-0.4, -0.2) is 0 Å². The number of halogens is 4. The van der Waals surface area contributed by atoms with Gasteiger partial charge in [0.1, 0.15) is 96.1 Å². The SMILES string of the molecule is Cc1cc2c(oc3cc(F)ccc32)c(-c2cc(C3CCCC3)c3ccccc3[n+]2C)c1C.Cc1cc2c(oc3cc(F)ccc32)c(-c2cc(CC(C)C)c3ccccc3[n+]2C)c1C.Cc1ccc2c(oc3cc(F)ccc32)c1-c1ccc2c(CC(C)(C)C)cccc2[n+]1C.Cc1ccc2c(oc3cc(F)ccc32)c1-c1ccc2c(CC(C)(C)C)cccc2[n+]1C. The standard InChI is InChI=1S/C29H27FNO.3C28H27FNO/c1-17-14-24-22-13-12-20(30)15-27(22)32-29(24)28(18(17)2)26-16-23(19-8-4-5-9-19)21-10-6-7-11-25(21)31(26)3;2*1-17-9-11-22-21-12-10-19(29)15-25(21)31-27(22)26(17)24-14-13-20-18(16-28(2,3)4)7-6-8-23(20)30(24)5;1-16(2)12-19-14-25(30(5)24-9-7-6-8-21(19)24)27-18(4)17(3)13-23-22-11-10-20(29)15-26(22)31-28(23)27/h6-7,10-16,19H,4-5,8-9H2,1-3H3;2*6-15H,16H2,1-5H3;6-11,13-16H,12H2,1-5H3/q4*+1. The lowest BCUT2D eigenvalue weighted by Gasteiger charge is -2.19. The lowest BCUT2D eigenvalue weighted by Crippen LogP contribution is -2.33. The van der Waals surface area contributed by atoms with Crippen molar-refractivity contribution < 1.29 is 53.5 Å². The van der Waals surface area contributed by atoms with E-state index in [1.807, 2.05) is 12.1 Å². The molecule has 21 rings (SSSR count). The summed E-state index contributed by atoms with van der Waals surface area (Å²) in [4.78, 5) is 0. The third kappa shape index (κ3) is 15.3. The molecular formula is C113H108F4N4O4+4. The number of aryl methyl sites for hydroxylation is 8. The highest BCUT2D eigenvalue weighted by Gasteiger charge is 2.33. The third-order valence-corrected chi connectivity index (χ3v) is 26.1. The molecule has 12 heteroatoms. The molecule has 1 fully saturated rings. The normalized spacial score (nSPS) is 12.9. The molecule has 0 saturated heterocycles. The van der Waals surface area contributed by atoms with Gasteiger partial charge in [-0.15, -0.1) is 0 Å². The molecule has 628 valence electrons. The first kappa shape index (κ1) is 83.1. The van der Waals surface area contributed by atoms with Crippen LogP contribution in [0, 0.1) is 81.6 Å². The van der Waals surface area contributed by atoms with Gasteiger partial charge in [0.2, 0.25) is 44.8 Å². The number of rotatable bonds is 9. The average Bonchev–Trinajstić information content (AvgIpc) is 1.67. The molecule has 0 atom stereocenters. The number of aromatic nitrogens is 4. The lowest BCUT2D eigenvalue weighted by molar-refractivity contribution is -0.633. The Kier molecular flexibility index (Phi) is 21.5. The number of furan rings is 4. The van der Waals surface area contributed by atoms with Crippen molar-refractivity contribution in [2.75, 3.05) is 0 Å². The average molecular weight is 1660 g/mol. The van der Waals surface area contributed by atoms with E-state index < -0.39 is 0 Å². The van der Waals surface area contributed by atoms with Crippen molar-refractivity contribution in [3.8, 4) is 45.0 Å². The molecule has 125 heavy (non-hydrogen) atoms. The molecule has 8 nitrogen and oxygen atoms in total. The summed E-state index contributed by atoms with van der Waals surface area (Å²) in [6.45, 7) is 31.0. The van der Waals surface area contributed by atoms with Crippen molar-refractivity contribution in [1.29, 1.82) is 0 Å². The van der Waals surface area contributed by atoms with Gasteiger partial charge in [-0.05, 0) is 237 Å². The molecule has 0 radical (unpaired) electrons. The van der Waals surface area contributed by atoms with Crippen LogP contribution in [0.3, 0.4) is 0 Å². The third-order valence-electron chi connectivity index (χ3n) is 26.1. The first-order chi connectivity index (χ1) is 59.8. The van der Waals surface area contributed by atoms with Crippen LogP contribution in [0.25, 0.3) is 176 Å². The van der Waals surface area contributed by atoms with E-state index in [0.717, 1.165) is 141 Å². The van der Waals surface area contributed by atoms with Crippen LogP contribution >= 0.6 is 0 Å². The van der Waals surface area contributed by atoms with E-state index in [1.165, 1.54) is 162 Å². The van der Waals surface area contributed by atoms with Crippen LogP contribution in [0.15, 0.2) is 248 Å². The van der Waals surface area contributed by atoms with Crippen molar-refractivity contribution >= 4 is 131 Å². The molecule has 8 aromatic heterocycles. The molecule has 1 saturated carbocycles. The largest absolute Gasteiger partial charge is 0.455 e. The molecule has 0 N–H and O–H groups in total. The second kappa shape index (κ2) is 32.4. The first-order valence-electron chi connectivity index (χ1n) is 43.9. The van der Waals surface area contributed by atoms with Crippen molar-refractivity contribution in [2.45, 2.75) is 148 Å². The summed E-state index contributed by atoms with van der Waals surface area (Å²) in [6.07, 6.45) is 8.16. The van der Waals surface area contributed by atoms with Crippen LogP contribution in [0.4, 0.5) is 17.6 Å². The minimum atomic E-state index is -0.285. The summed E-state index contributed by atoms with van der Waals surface area (Å²) in [6, 6.07) is 75.8. The number of nitrogens with zero attached hydrogens (tertiary/aromatic N) is 4. The van der Waals surface area contributed by atoms with Gasteiger partial charge in [-0.25, -0.2) is 17.6 Å². The van der Waals surface area contributed by atoms with Gasteiger partial charge >= 0.3 is 0 Å². The Morgan fingerprint density at radius 2 is 0.640 bits per heavy atom. The highest BCUT2D eigenvalue weighted by molar-refractivity contribution is 6.14. The van der Waals surface area contributed by atoms with Crippen molar-refractivity contribution in [1.82, 2.24) is 0 Å². The maximum Gasteiger partial charge on any atom is 0.217 e. The fraction of sp³-hybridized carbons (Fsp3) is 0.257. The van der Waals surface area contributed by atoms with Crippen LogP contribution in [-0.2, 0) is 47.5 Å². The number of fused-ring (bicyclic) bond motifs is 16. The van der Waals surface area contributed by atoms with E-state index in [-0.39, 0.29) is 34.1 Å². The Labute approximate surface area is 727 Å². The monoisotopic (exact) mass is 1660 g/mol. The second-order valence-electron chi connectivity index (χ2n) is 37.9. The van der Waals surface area contributed by atoms with Gasteiger partial charge in [0, 0.05) is 137 Å². The predicted octanol–water partition coefficient (Wildman–Crippen LogP) is 29.4. The molecule has 0 amide bonds. The van der Waals surface area contributed by atoms with Crippen LogP contribution in [0.1, 0.15) is 143 Å².